The summed E-state index contributed by atoms with van der Waals surface area (Å²) in [6, 6.07) is 1.16. The molecule has 0 aliphatic carbocycles. The van der Waals surface area contributed by atoms with Gasteiger partial charge in [0.2, 0.25) is 0 Å². The third-order valence-electron chi connectivity index (χ3n) is 2.99. The van der Waals surface area contributed by atoms with Crippen LogP contribution in [0.3, 0.4) is 0 Å². The maximum Gasteiger partial charge on any atom is 0.0615 e. The van der Waals surface area contributed by atoms with Gasteiger partial charge in [0.15, 0.2) is 0 Å². The molecule has 1 N–H and O–H groups in total. The Balaban J connectivity index is 4.24. The van der Waals surface area contributed by atoms with Crippen LogP contribution in [0.2, 0.25) is 0 Å². The summed E-state index contributed by atoms with van der Waals surface area (Å²) in [6.45, 7) is 12.3. The van der Waals surface area contributed by atoms with Crippen LogP contribution in [0.5, 0.6) is 0 Å². The van der Waals surface area contributed by atoms with Gasteiger partial charge in [-0.3, -0.25) is 0 Å². The third kappa shape index (κ3) is 9.61. The standard InChI is InChI=1S/C15H33NO/c1-7-8-14(11-17-6)16-15(9-12(2)3)10-13(4)5/h12-16H,7-11H2,1-6H3. The first kappa shape index (κ1) is 16.9. The number of hydrogen-bond donors (Lipinski definition) is 1. The van der Waals surface area contributed by atoms with E-state index in [0.717, 1.165) is 18.4 Å². The Labute approximate surface area is 109 Å². The lowest BCUT2D eigenvalue weighted by atomic mass is 9.94. The van der Waals surface area contributed by atoms with Crippen molar-refractivity contribution in [3.63, 3.8) is 0 Å². The topological polar surface area (TPSA) is 21.3 Å². The molecular weight excluding hydrogens is 210 g/mol. The Kier molecular flexibility index (Phi) is 9.85. The lowest BCUT2D eigenvalue weighted by molar-refractivity contribution is 0.150. The smallest absolute Gasteiger partial charge is 0.0615 e. The molecule has 0 aromatic carbocycles. The predicted molar refractivity (Wildman–Crippen MR) is 76.4 cm³/mol. The van der Waals surface area contributed by atoms with Gasteiger partial charge in [-0.25, -0.2) is 0 Å². The van der Waals surface area contributed by atoms with E-state index in [2.05, 4.69) is 39.9 Å². The summed E-state index contributed by atoms with van der Waals surface area (Å²) in [4.78, 5) is 0. The summed E-state index contributed by atoms with van der Waals surface area (Å²) in [6.07, 6.45) is 4.96. The van der Waals surface area contributed by atoms with Crippen LogP contribution in [0, 0.1) is 11.8 Å². The quantitative estimate of drug-likeness (QED) is 0.629. The van der Waals surface area contributed by atoms with Gasteiger partial charge in [0.25, 0.3) is 0 Å². The normalized spacial score (nSPS) is 13.9. The van der Waals surface area contributed by atoms with Gasteiger partial charge in [0, 0.05) is 19.2 Å². The van der Waals surface area contributed by atoms with Gasteiger partial charge in [-0.1, -0.05) is 41.0 Å². The molecule has 0 aliphatic heterocycles. The van der Waals surface area contributed by atoms with Crippen LogP contribution < -0.4 is 5.32 Å². The second-order valence-corrected chi connectivity index (χ2v) is 6.06. The lowest BCUT2D eigenvalue weighted by Gasteiger charge is -2.28. The van der Waals surface area contributed by atoms with Gasteiger partial charge >= 0.3 is 0 Å². The zero-order valence-corrected chi connectivity index (χ0v) is 12.8. The maximum atomic E-state index is 5.30. The second kappa shape index (κ2) is 9.90. The van der Waals surface area contributed by atoms with Crippen molar-refractivity contribution in [2.75, 3.05) is 13.7 Å². The predicted octanol–water partition coefficient (Wildman–Crippen LogP) is 3.85. The van der Waals surface area contributed by atoms with E-state index < -0.39 is 0 Å². The van der Waals surface area contributed by atoms with Crippen molar-refractivity contribution < 1.29 is 4.74 Å². The molecule has 104 valence electrons. The molecule has 2 nitrogen and oxygen atoms in total. The Morgan fingerprint density at radius 2 is 1.47 bits per heavy atom. The highest BCUT2D eigenvalue weighted by Crippen LogP contribution is 2.15. The molecule has 0 amide bonds. The van der Waals surface area contributed by atoms with Crippen LogP contribution in [0.15, 0.2) is 0 Å². The van der Waals surface area contributed by atoms with Gasteiger partial charge in [-0.15, -0.1) is 0 Å². The lowest BCUT2D eigenvalue weighted by Crippen LogP contribution is -2.42. The van der Waals surface area contributed by atoms with E-state index in [0.29, 0.717) is 12.1 Å². The monoisotopic (exact) mass is 243 g/mol. The van der Waals surface area contributed by atoms with Crippen molar-refractivity contribution in [2.45, 2.75) is 72.4 Å². The molecule has 0 heterocycles. The van der Waals surface area contributed by atoms with Crippen molar-refractivity contribution in [1.29, 1.82) is 0 Å². The summed E-state index contributed by atoms with van der Waals surface area (Å²) in [5, 5.41) is 3.79. The molecule has 0 fully saturated rings. The molecule has 0 bridgehead atoms. The second-order valence-electron chi connectivity index (χ2n) is 6.06. The van der Waals surface area contributed by atoms with Crippen molar-refractivity contribution in [3.8, 4) is 0 Å². The van der Waals surface area contributed by atoms with Crippen molar-refractivity contribution in [3.05, 3.63) is 0 Å². The molecule has 1 unspecified atom stereocenters. The van der Waals surface area contributed by atoms with Gasteiger partial charge in [0.1, 0.15) is 0 Å². The first-order valence-electron chi connectivity index (χ1n) is 7.24. The summed E-state index contributed by atoms with van der Waals surface area (Å²) in [7, 11) is 1.80. The van der Waals surface area contributed by atoms with Crippen LogP contribution in [0.4, 0.5) is 0 Å². The van der Waals surface area contributed by atoms with Crippen molar-refractivity contribution in [2.24, 2.45) is 11.8 Å². The molecule has 0 aliphatic rings. The minimum Gasteiger partial charge on any atom is -0.383 e. The third-order valence-corrected chi connectivity index (χ3v) is 2.99. The minimum atomic E-state index is 0.521. The molecule has 17 heavy (non-hydrogen) atoms. The molecular formula is C15H33NO. The summed E-state index contributed by atoms with van der Waals surface area (Å²) in [5.74, 6) is 1.52. The van der Waals surface area contributed by atoms with Crippen LogP contribution in [0.25, 0.3) is 0 Å². The number of nitrogens with one attached hydrogen (secondary N) is 1. The number of rotatable bonds is 10. The number of hydrogen-bond acceptors (Lipinski definition) is 2. The Morgan fingerprint density at radius 1 is 0.941 bits per heavy atom. The first-order chi connectivity index (χ1) is 7.99. The summed E-state index contributed by atoms with van der Waals surface area (Å²) < 4.78 is 5.30. The fraction of sp³-hybridized carbons (Fsp3) is 1.00. The molecule has 0 saturated carbocycles. The molecule has 0 aromatic rings. The molecule has 1 atom stereocenters. The van der Waals surface area contributed by atoms with Crippen LogP contribution in [-0.4, -0.2) is 25.8 Å². The van der Waals surface area contributed by atoms with Crippen molar-refractivity contribution >= 4 is 0 Å². The van der Waals surface area contributed by atoms with Crippen LogP contribution in [0.1, 0.15) is 60.3 Å². The number of ether oxygens (including phenoxy) is 1. The largest absolute Gasteiger partial charge is 0.383 e. The Hall–Kier alpha value is -0.0800. The Bertz CT molecular complexity index is 152. The maximum absolute atomic E-state index is 5.30. The molecule has 0 aromatic heterocycles. The van der Waals surface area contributed by atoms with E-state index >= 15 is 0 Å². The van der Waals surface area contributed by atoms with E-state index in [9.17, 15) is 0 Å². The minimum absolute atomic E-state index is 0.521. The van der Waals surface area contributed by atoms with E-state index in [1.165, 1.54) is 25.7 Å². The number of methoxy groups -OCH3 is 1. The van der Waals surface area contributed by atoms with Gasteiger partial charge in [0.05, 0.1) is 6.61 Å². The van der Waals surface area contributed by atoms with Crippen LogP contribution in [-0.2, 0) is 4.74 Å². The zero-order chi connectivity index (χ0) is 13.3. The van der Waals surface area contributed by atoms with Crippen molar-refractivity contribution in [1.82, 2.24) is 5.32 Å². The highest BCUT2D eigenvalue weighted by molar-refractivity contribution is 4.76. The van der Waals surface area contributed by atoms with E-state index in [1.54, 1.807) is 7.11 Å². The van der Waals surface area contributed by atoms with E-state index in [4.69, 9.17) is 4.74 Å². The van der Waals surface area contributed by atoms with Gasteiger partial charge in [-0.2, -0.15) is 0 Å². The van der Waals surface area contributed by atoms with Gasteiger partial charge < -0.3 is 10.1 Å². The molecule has 0 spiro atoms. The average molecular weight is 243 g/mol. The Morgan fingerprint density at radius 3 is 1.82 bits per heavy atom. The fourth-order valence-electron chi connectivity index (χ4n) is 2.47. The highest BCUT2D eigenvalue weighted by atomic mass is 16.5. The molecule has 0 radical (unpaired) electrons. The highest BCUT2D eigenvalue weighted by Gasteiger charge is 2.17. The van der Waals surface area contributed by atoms with E-state index in [-0.39, 0.29) is 0 Å². The summed E-state index contributed by atoms with van der Waals surface area (Å²) >= 11 is 0. The molecule has 2 heteroatoms. The zero-order valence-electron chi connectivity index (χ0n) is 12.8. The first-order valence-corrected chi connectivity index (χ1v) is 7.24. The fourth-order valence-corrected chi connectivity index (χ4v) is 2.47. The average Bonchev–Trinajstić information content (AvgIpc) is 2.15. The van der Waals surface area contributed by atoms with Crippen LogP contribution >= 0.6 is 0 Å². The van der Waals surface area contributed by atoms with Gasteiger partial charge in [-0.05, 0) is 31.1 Å². The molecule has 0 saturated heterocycles. The molecule has 0 rings (SSSR count). The van der Waals surface area contributed by atoms with E-state index in [1.807, 2.05) is 0 Å². The SMILES string of the molecule is CCCC(COC)NC(CC(C)C)CC(C)C. The summed E-state index contributed by atoms with van der Waals surface area (Å²) in [5.41, 5.74) is 0.